The molecule has 0 saturated carbocycles. The lowest BCUT2D eigenvalue weighted by atomic mass is 10.2. The van der Waals surface area contributed by atoms with E-state index in [0.717, 1.165) is 11.3 Å². The van der Waals surface area contributed by atoms with Crippen LogP contribution in [0.15, 0.2) is 47.1 Å². The summed E-state index contributed by atoms with van der Waals surface area (Å²) in [4.78, 5) is 19.5. The molecule has 3 rings (SSSR count). The Kier molecular flexibility index (Phi) is 4.09. The van der Waals surface area contributed by atoms with Crippen molar-refractivity contribution < 1.29 is 9.32 Å². The number of imidazole rings is 1. The van der Waals surface area contributed by atoms with E-state index in [1.165, 1.54) is 0 Å². The van der Waals surface area contributed by atoms with Gasteiger partial charge >= 0.3 is 6.03 Å². The van der Waals surface area contributed by atoms with Crippen LogP contribution in [-0.2, 0) is 0 Å². The fraction of sp³-hybridized carbons (Fsp3) is 0.188. The second-order valence-electron chi connectivity index (χ2n) is 5.19. The first-order chi connectivity index (χ1) is 11.1. The zero-order valence-electron chi connectivity index (χ0n) is 12.8. The van der Waals surface area contributed by atoms with E-state index in [0.29, 0.717) is 17.4 Å². The second-order valence-corrected chi connectivity index (χ2v) is 5.19. The minimum absolute atomic E-state index is 0.277. The predicted molar refractivity (Wildman–Crippen MR) is 85.8 cm³/mol. The van der Waals surface area contributed by atoms with Crippen LogP contribution in [0.5, 0.6) is 0 Å². The number of carbonyl (C=O) groups excluding carboxylic acids is 1. The lowest BCUT2D eigenvalue weighted by molar-refractivity contribution is 0.248. The van der Waals surface area contributed by atoms with Crippen molar-refractivity contribution in [1.82, 2.24) is 20.4 Å². The molecule has 0 fully saturated rings. The lowest BCUT2D eigenvalue weighted by Crippen LogP contribution is -2.31. The first-order valence-corrected chi connectivity index (χ1v) is 7.23. The zero-order chi connectivity index (χ0) is 16.2. The van der Waals surface area contributed by atoms with E-state index < -0.39 is 0 Å². The molecule has 23 heavy (non-hydrogen) atoms. The lowest BCUT2D eigenvalue weighted by Gasteiger charge is -2.11. The van der Waals surface area contributed by atoms with Crippen LogP contribution in [0.25, 0.3) is 11.3 Å². The first-order valence-electron chi connectivity index (χ1n) is 7.23. The maximum absolute atomic E-state index is 11.9. The van der Waals surface area contributed by atoms with Crippen molar-refractivity contribution in [2.24, 2.45) is 0 Å². The van der Waals surface area contributed by atoms with E-state index in [1.54, 1.807) is 19.2 Å². The summed E-state index contributed by atoms with van der Waals surface area (Å²) < 4.78 is 4.90. The third-order valence-electron chi connectivity index (χ3n) is 3.31. The van der Waals surface area contributed by atoms with Gasteiger partial charge in [0.15, 0.2) is 5.82 Å². The number of aromatic amines is 1. The number of anilines is 1. The molecule has 118 valence electrons. The van der Waals surface area contributed by atoms with Gasteiger partial charge < -0.3 is 14.8 Å². The van der Waals surface area contributed by atoms with Crippen LogP contribution in [-0.4, -0.2) is 21.2 Å². The molecule has 0 aliphatic carbocycles. The number of hydrogen-bond donors (Lipinski definition) is 3. The fourth-order valence-corrected chi connectivity index (χ4v) is 2.16. The number of amides is 2. The molecule has 0 radical (unpaired) electrons. The van der Waals surface area contributed by atoms with Crippen LogP contribution < -0.4 is 10.6 Å². The van der Waals surface area contributed by atoms with Gasteiger partial charge in [-0.05, 0) is 19.4 Å². The normalized spacial score (nSPS) is 11.9. The topological polar surface area (TPSA) is 95.8 Å². The van der Waals surface area contributed by atoms with Crippen LogP contribution in [0.4, 0.5) is 10.6 Å². The van der Waals surface area contributed by atoms with E-state index in [4.69, 9.17) is 4.52 Å². The van der Waals surface area contributed by atoms with Crippen molar-refractivity contribution in [1.29, 1.82) is 0 Å². The SMILES string of the molecule is Cc1cc(NC(=O)N[C@@H](C)c2ncc(-c3ccccc3)[nH]2)no1. The average molecular weight is 311 g/mol. The van der Waals surface area contributed by atoms with Gasteiger partial charge in [0.2, 0.25) is 0 Å². The Morgan fingerprint density at radius 1 is 1.30 bits per heavy atom. The zero-order valence-corrected chi connectivity index (χ0v) is 12.8. The number of nitrogens with zero attached hydrogens (tertiary/aromatic N) is 2. The number of carbonyl (C=O) groups is 1. The molecule has 2 heterocycles. The van der Waals surface area contributed by atoms with E-state index >= 15 is 0 Å². The number of nitrogens with one attached hydrogen (secondary N) is 3. The standard InChI is InChI=1S/C16H17N5O2/c1-10-8-14(21-23-10)20-16(22)18-11(2)15-17-9-13(19-15)12-6-4-3-5-7-12/h3-9,11H,1-2H3,(H,17,19)(H2,18,20,21,22)/t11-/m0/s1. The van der Waals surface area contributed by atoms with E-state index in [-0.39, 0.29) is 12.1 Å². The number of aryl methyl sites for hydroxylation is 1. The summed E-state index contributed by atoms with van der Waals surface area (Å²) in [6, 6.07) is 10.9. The Hall–Kier alpha value is -3.09. The quantitative estimate of drug-likeness (QED) is 0.689. The molecule has 1 aromatic carbocycles. The molecule has 1 atom stereocenters. The van der Waals surface area contributed by atoms with E-state index in [9.17, 15) is 4.79 Å². The Labute approximate surface area is 133 Å². The van der Waals surface area contributed by atoms with Crippen molar-refractivity contribution in [3.8, 4) is 11.3 Å². The summed E-state index contributed by atoms with van der Waals surface area (Å²) >= 11 is 0. The fourth-order valence-electron chi connectivity index (χ4n) is 2.16. The first kappa shape index (κ1) is 14.8. The van der Waals surface area contributed by atoms with Gasteiger partial charge in [-0.25, -0.2) is 9.78 Å². The number of H-pyrrole nitrogens is 1. The van der Waals surface area contributed by atoms with Gasteiger partial charge in [0.1, 0.15) is 11.6 Å². The molecule has 3 N–H and O–H groups in total. The van der Waals surface area contributed by atoms with Gasteiger partial charge in [-0.1, -0.05) is 35.5 Å². The highest BCUT2D eigenvalue weighted by atomic mass is 16.5. The summed E-state index contributed by atoms with van der Waals surface area (Å²) in [5, 5.41) is 9.11. The van der Waals surface area contributed by atoms with Crippen molar-refractivity contribution in [3.05, 3.63) is 54.2 Å². The van der Waals surface area contributed by atoms with Gasteiger partial charge in [-0.15, -0.1) is 0 Å². The number of hydrogen-bond acceptors (Lipinski definition) is 4. The summed E-state index contributed by atoms with van der Waals surface area (Å²) in [5.41, 5.74) is 1.95. The number of rotatable bonds is 4. The third-order valence-corrected chi connectivity index (χ3v) is 3.31. The van der Waals surface area contributed by atoms with Crippen LogP contribution >= 0.6 is 0 Å². The van der Waals surface area contributed by atoms with E-state index in [1.807, 2.05) is 37.3 Å². The maximum atomic E-state index is 11.9. The van der Waals surface area contributed by atoms with Crippen molar-refractivity contribution in [3.63, 3.8) is 0 Å². The molecule has 0 unspecified atom stereocenters. The largest absolute Gasteiger partial charge is 0.360 e. The Morgan fingerprint density at radius 3 is 2.78 bits per heavy atom. The Morgan fingerprint density at radius 2 is 2.09 bits per heavy atom. The second kappa shape index (κ2) is 6.35. The Balaban J connectivity index is 1.63. The Bertz CT molecular complexity index is 794. The monoisotopic (exact) mass is 311 g/mol. The summed E-state index contributed by atoms with van der Waals surface area (Å²) in [6.45, 7) is 3.61. The molecule has 7 heteroatoms. The summed E-state index contributed by atoms with van der Waals surface area (Å²) in [5.74, 6) is 1.68. The number of aromatic nitrogens is 3. The van der Waals surface area contributed by atoms with Gasteiger partial charge in [0, 0.05) is 6.07 Å². The van der Waals surface area contributed by atoms with Crippen LogP contribution in [0.1, 0.15) is 24.6 Å². The van der Waals surface area contributed by atoms with Crippen molar-refractivity contribution in [2.75, 3.05) is 5.32 Å². The highest BCUT2D eigenvalue weighted by molar-refractivity contribution is 5.88. The molecule has 0 saturated heterocycles. The van der Waals surface area contributed by atoms with Crippen LogP contribution in [0, 0.1) is 6.92 Å². The number of urea groups is 1. The van der Waals surface area contributed by atoms with Crippen LogP contribution in [0.2, 0.25) is 0 Å². The third kappa shape index (κ3) is 3.57. The van der Waals surface area contributed by atoms with Crippen molar-refractivity contribution in [2.45, 2.75) is 19.9 Å². The molecular formula is C16H17N5O2. The smallest absolute Gasteiger partial charge is 0.321 e. The van der Waals surface area contributed by atoms with Crippen molar-refractivity contribution >= 4 is 11.8 Å². The number of benzene rings is 1. The predicted octanol–water partition coefficient (Wildman–Crippen LogP) is 3.26. The molecule has 7 nitrogen and oxygen atoms in total. The highest BCUT2D eigenvalue weighted by Crippen LogP contribution is 2.18. The maximum Gasteiger partial charge on any atom is 0.321 e. The molecule has 3 aromatic rings. The van der Waals surface area contributed by atoms with Gasteiger partial charge in [0.05, 0.1) is 17.9 Å². The molecule has 0 aliphatic heterocycles. The van der Waals surface area contributed by atoms with Gasteiger partial charge in [-0.3, -0.25) is 5.32 Å². The average Bonchev–Trinajstić information content (AvgIpc) is 3.17. The molecule has 0 spiro atoms. The van der Waals surface area contributed by atoms with Crippen LogP contribution in [0.3, 0.4) is 0 Å². The van der Waals surface area contributed by atoms with E-state index in [2.05, 4.69) is 25.8 Å². The minimum atomic E-state index is -0.372. The molecular weight excluding hydrogens is 294 g/mol. The summed E-state index contributed by atoms with van der Waals surface area (Å²) in [7, 11) is 0. The molecule has 2 amide bonds. The molecule has 0 aliphatic rings. The molecule has 0 bridgehead atoms. The summed E-state index contributed by atoms with van der Waals surface area (Å²) in [6.07, 6.45) is 1.75. The minimum Gasteiger partial charge on any atom is -0.360 e. The van der Waals surface area contributed by atoms with Gasteiger partial charge in [-0.2, -0.15) is 0 Å². The molecule has 2 aromatic heterocycles. The highest BCUT2D eigenvalue weighted by Gasteiger charge is 2.14. The van der Waals surface area contributed by atoms with Gasteiger partial charge in [0.25, 0.3) is 0 Å².